The molecule has 4 heteroatoms. The Balaban J connectivity index is 2.24. The molecule has 1 saturated heterocycles. The van der Waals surface area contributed by atoms with Crippen LogP contribution in [0.5, 0.6) is 0 Å². The molecule has 1 fully saturated rings. The first-order chi connectivity index (χ1) is 6.77. The number of amides is 1. The van der Waals surface area contributed by atoms with Gasteiger partial charge in [-0.3, -0.25) is 4.79 Å². The van der Waals surface area contributed by atoms with Gasteiger partial charge in [0.05, 0.1) is 0 Å². The van der Waals surface area contributed by atoms with Gasteiger partial charge in [-0.1, -0.05) is 0 Å². The number of nitrogens with zero attached hydrogens (tertiary/aromatic N) is 1. The average molecular weight is 220 g/mol. The lowest BCUT2D eigenvalue weighted by molar-refractivity contribution is -0.132. The maximum Gasteiger partial charge on any atom is 0.223 e. The molecule has 0 aliphatic carbocycles. The Morgan fingerprint density at radius 1 is 1.50 bits per heavy atom. The summed E-state index contributed by atoms with van der Waals surface area (Å²) in [6.07, 6.45) is 2.58. The van der Waals surface area contributed by atoms with Gasteiger partial charge in [0.25, 0.3) is 0 Å². The molecule has 0 aromatic carbocycles. The summed E-state index contributed by atoms with van der Waals surface area (Å²) in [6, 6.07) is 0. The van der Waals surface area contributed by atoms with Gasteiger partial charge in [-0.25, -0.2) is 0 Å². The minimum Gasteiger partial charge on any atom is -0.384 e. The van der Waals surface area contributed by atoms with Gasteiger partial charge in [0.1, 0.15) is 0 Å². The average Bonchev–Trinajstić information content (AvgIpc) is 2.20. The number of methoxy groups -OCH3 is 1. The van der Waals surface area contributed by atoms with Gasteiger partial charge in [0, 0.05) is 39.1 Å². The predicted molar refractivity (Wildman–Crippen MR) is 56.5 cm³/mol. The van der Waals surface area contributed by atoms with Crippen molar-refractivity contribution < 1.29 is 9.53 Å². The number of hydrogen-bond donors (Lipinski definition) is 0. The number of rotatable bonds is 4. The molecule has 0 bridgehead atoms. The van der Waals surface area contributed by atoms with E-state index in [1.165, 1.54) is 0 Å². The number of ether oxygens (including phenoxy) is 1. The quantitative estimate of drug-likeness (QED) is 0.671. The van der Waals surface area contributed by atoms with E-state index in [2.05, 4.69) is 0 Å². The predicted octanol–water partition coefficient (Wildman–Crippen LogP) is 1.50. The molecule has 0 unspecified atom stereocenters. The number of alkyl halides is 1. The number of carbonyl (C=O) groups excluding carboxylic acids is 1. The van der Waals surface area contributed by atoms with Crippen LogP contribution in [0.4, 0.5) is 0 Å². The number of likely N-dealkylation sites (tertiary alicyclic amines) is 1. The Kier molecular flexibility index (Phi) is 5.26. The SMILES string of the molecule is COCC1CCN(C(=O)CCCl)CC1. The molecule has 1 aliphatic heterocycles. The topological polar surface area (TPSA) is 29.5 Å². The van der Waals surface area contributed by atoms with Crippen molar-refractivity contribution in [3.63, 3.8) is 0 Å². The molecule has 0 atom stereocenters. The fourth-order valence-electron chi connectivity index (χ4n) is 1.82. The zero-order valence-corrected chi connectivity index (χ0v) is 9.42. The third-order valence-corrected chi connectivity index (χ3v) is 2.87. The van der Waals surface area contributed by atoms with E-state index in [1.807, 2.05) is 4.90 Å². The largest absolute Gasteiger partial charge is 0.384 e. The monoisotopic (exact) mass is 219 g/mol. The van der Waals surface area contributed by atoms with E-state index in [4.69, 9.17) is 16.3 Å². The minimum atomic E-state index is 0.191. The molecule has 0 saturated carbocycles. The van der Waals surface area contributed by atoms with Crippen molar-refractivity contribution in [2.45, 2.75) is 19.3 Å². The first-order valence-electron chi connectivity index (χ1n) is 5.10. The summed E-state index contributed by atoms with van der Waals surface area (Å²) in [6.45, 7) is 2.55. The second-order valence-electron chi connectivity index (χ2n) is 3.72. The zero-order chi connectivity index (χ0) is 10.4. The van der Waals surface area contributed by atoms with E-state index in [9.17, 15) is 4.79 Å². The van der Waals surface area contributed by atoms with Crippen molar-refractivity contribution in [2.75, 3.05) is 32.7 Å². The molecule has 0 radical (unpaired) electrons. The fourth-order valence-corrected chi connectivity index (χ4v) is 1.99. The lowest BCUT2D eigenvalue weighted by Gasteiger charge is -2.31. The van der Waals surface area contributed by atoms with Crippen molar-refractivity contribution >= 4 is 17.5 Å². The molecule has 1 aliphatic rings. The molecular formula is C10H18ClNO2. The molecule has 14 heavy (non-hydrogen) atoms. The number of halogens is 1. The van der Waals surface area contributed by atoms with Crippen LogP contribution < -0.4 is 0 Å². The second kappa shape index (κ2) is 6.25. The second-order valence-corrected chi connectivity index (χ2v) is 4.10. The zero-order valence-electron chi connectivity index (χ0n) is 8.67. The smallest absolute Gasteiger partial charge is 0.223 e. The Morgan fingerprint density at radius 3 is 2.64 bits per heavy atom. The highest BCUT2D eigenvalue weighted by atomic mass is 35.5. The van der Waals surface area contributed by atoms with E-state index in [-0.39, 0.29) is 5.91 Å². The molecule has 0 N–H and O–H groups in total. The Bertz CT molecular complexity index is 179. The Labute approximate surface area is 90.4 Å². The molecule has 0 aromatic heterocycles. The molecule has 3 nitrogen and oxygen atoms in total. The maximum absolute atomic E-state index is 11.5. The molecule has 82 valence electrons. The Morgan fingerprint density at radius 2 is 2.14 bits per heavy atom. The van der Waals surface area contributed by atoms with Crippen molar-refractivity contribution in [1.82, 2.24) is 4.90 Å². The highest BCUT2D eigenvalue weighted by Gasteiger charge is 2.21. The summed E-state index contributed by atoms with van der Waals surface area (Å²) in [5, 5.41) is 0. The molecule has 0 aromatic rings. The number of piperidine rings is 1. The van der Waals surface area contributed by atoms with E-state index in [1.54, 1.807) is 7.11 Å². The highest BCUT2D eigenvalue weighted by molar-refractivity contribution is 6.18. The first kappa shape index (κ1) is 11.8. The van der Waals surface area contributed by atoms with E-state index < -0.39 is 0 Å². The van der Waals surface area contributed by atoms with Crippen LogP contribution in [0.1, 0.15) is 19.3 Å². The van der Waals surface area contributed by atoms with E-state index in [0.29, 0.717) is 18.2 Å². The van der Waals surface area contributed by atoms with Gasteiger partial charge < -0.3 is 9.64 Å². The van der Waals surface area contributed by atoms with Gasteiger partial charge in [0.2, 0.25) is 5.91 Å². The maximum atomic E-state index is 11.5. The van der Waals surface area contributed by atoms with Gasteiger partial charge in [-0.2, -0.15) is 0 Å². The third-order valence-electron chi connectivity index (χ3n) is 2.68. The van der Waals surface area contributed by atoms with Crippen molar-refractivity contribution in [3.8, 4) is 0 Å². The molecule has 1 rings (SSSR count). The molecular weight excluding hydrogens is 202 g/mol. The van der Waals surface area contributed by atoms with Crippen LogP contribution in [0.2, 0.25) is 0 Å². The van der Waals surface area contributed by atoms with Crippen molar-refractivity contribution in [2.24, 2.45) is 5.92 Å². The third kappa shape index (κ3) is 3.46. The lowest BCUT2D eigenvalue weighted by atomic mass is 9.98. The van der Waals surface area contributed by atoms with E-state index >= 15 is 0 Å². The lowest BCUT2D eigenvalue weighted by Crippen LogP contribution is -2.39. The van der Waals surface area contributed by atoms with Crippen LogP contribution in [0.3, 0.4) is 0 Å². The van der Waals surface area contributed by atoms with Crippen LogP contribution in [0.25, 0.3) is 0 Å². The molecule has 1 heterocycles. The fraction of sp³-hybridized carbons (Fsp3) is 0.900. The van der Waals surface area contributed by atoms with Gasteiger partial charge in [0.15, 0.2) is 0 Å². The van der Waals surface area contributed by atoms with Crippen molar-refractivity contribution in [3.05, 3.63) is 0 Å². The first-order valence-corrected chi connectivity index (χ1v) is 5.64. The number of carbonyl (C=O) groups is 1. The van der Waals surface area contributed by atoms with Gasteiger partial charge in [-0.05, 0) is 18.8 Å². The Hall–Kier alpha value is -0.280. The summed E-state index contributed by atoms with van der Waals surface area (Å²) in [7, 11) is 1.73. The summed E-state index contributed by atoms with van der Waals surface area (Å²) in [4.78, 5) is 13.4. The van der Waals surface area contributed by atoms with Crippen LogP contribution >= 0.6 is 11.6 Å². The van der Waals surface area contributed by atoms with Crippen LogP contribution in [-0.2, 0) is 9.53 Å². The molecule has 0 spiro atoms. The van der Waals surface area contributed by atoms with Gasteiger partial charge in [-0.15, -0.1) is 11.6 Å². The molecule has 1 amide bonds. The summed E-state index contributed by atoms with van der Waals surface area (Å²) < 4.78 is 5.10. The summed E-state index contributed by atoms with van der Waals surface area (Å²) in [5.74, 6) is 1.24. The highest BCUT2D eigenvalue weighted by Crippen LogP contribution is 2.17. The standard InChI is InChI=1S/C10H18ClNO2/c1-14-8-9-3-6-12(7-4-9)10(13)2-5-11/h9H,2-8H2,1H3. The minimum absolute atomic E-state index is 0.191. The van der Waals surface area contributed by atoms with Crippen LogP contribution in [0, 0.1) is 5.92 Å². The summed E-state index contributed by atoms with van der Waals surface area (Å²) >= 11 is 5.53. The van der Waals surface area contributed by atoms with Crippen LogP contribution in [0.15, 0.2) is 0 Å². The number of hydrogen-bond acceptors (Lipinski definition) is 2. The summed E-state index contributed by atoms with van der Waals surface area (Å²) in [5.41, 5.74) is 0. The van der Waals surface area contributed by atoms with E-state index in [0.717, 1.165) is 32.5 Å². The van der Waals surface area contributed by atoms with Crippen molar-refractivity contribution in [1.29, 1.82) is 0 Å². The normalized spacial score (nSPS) is 18.6. The van der Waals surface area contributed by atoms with Gasteiger partial charge >= 0.3 is 0 Å². The van der Waals surface area contributed by atoms with Crippen LogP contribution in [-0.4, -0.2) is 43.5 Å².